The summed E-state index contributed by atoms with van der Waals surface area (Å²) in [6, 6.07) is 4.94. The minimum atomic E-state index is -2.49. The molecule has 6 nitrogen and oxygen atoms in total. The molecule has 1 heterocycles. The minimum absolute atomic E-state index is 0.0717. The normalized spacial score (nSPS) is 11.2. The van der Waals surface area contributed by atoms with E-state index in [1.165, 1.54) is 4.68 Å². The molecule has 0 amide bonds. The molecule has 0 spiro atoms. The van der Waals surface area contributed by atoms with E-state index >= 15 is 0 Å². The van der Waals surface area contributed by atoms with E-state index in [-0.39, 0.29) is 13.2 Å². The van der Waals surface area contributed by atoms with Crippen LogP contribution in [0, 0.1) is 0 Å². The van der Waals surface area contributed by atoms with Gasteiger partial charge in [-0.25, -0.2) is 13.5 Å². The summed E-state index contributed by atoms with van der Waals surface area (Å²) < 4.78 is 30.1. The molecule has 0 fully saturated rings. The Morgan fingerprint density at radius 2 is 2.20 bits per heavy atom. The number of alkyl halides is 2. The van der Waals surface area contributed by atoms with Crippen molar-refractivity contribution in [2.45, 2.75) is 13.0 Å². The molecule has 0 aliphatic carbocycles. The van der Waals surface area contributed by atoms with Gasteiger partial charge in [-0.1, -0.05) is 11.6 Å². The van der Waals surface area contributed by atoms with Crippen LogP contribution in [0.4, 0.5) is 14.5 Å². The van der Waals surface area contributed by atoms with Crippen molar-refractivity contribution in [2.24, 2.45) is 0 Å². The molecule has 0 bridgehead atoms. The lowest BCUT2D eigenvalue weighted by Gasteiger charge is -2.07. The van der Waals surface area contributed by atoms with Gasteiger partial charge in [-0.3, -0.25) is 0 Å². The third-order valence-electron chi connectivity index (χ3n) is 2.45. The Balaban J connectivity index is 2.10. The summed E-state index contributed by atoms with van der Waals surface area (Å²) in [6.45, 7) is -0.307. The monoisotopic (exact) mass is 303 g/mol. The van der Waals surface area contributed by atoms with E-state index in [1.54, 1.807) is 18.2 Å². The third-order valence-corrected chi connectivity index (χ3v) is 2.78. The molecule has 0 atom stereocenters. The topological polar surface area (TPSA) is 78.9 Å². The molecule has 108 valence electrons. The summed E-state index contributed by atoms with van der Waals surface area (Å²) in [6.07, 6.45) is -2.49. The number of aromatic nitrogens is 4. The van der Waals surface area contributed by atoms with Crippen molar-refractivity contribution in [3.8, 4) is 11.4 Å². The second-order valence-electron chi connectivity index (χ2n) is 3.93. The maximum atomic E-state index is 11.9. The van der Waals surface area contributed by atoms with E-state index in [2.05, 4.69) is 15.5 Å². The highest BCUT2D eigenvalue weighted by Gasteiger charge is 2.13. The molecule has 9 heteroatoms. The first kappa shape index (κ1) is 14.6. The van der Waals surface area contributed by atoms with Crippen LogP contribution in [0.3, 0.4) is 0 Å². The van der Waals surface area contributed by atoms with Gasteiger partial charge < -0.3 is 10.5 Å². The molecule has 2 aromatic rings. The summed E-state index contributed by atoms with van der Waals surface area (Å²) >= 11 is 6.07. The zero-order valence-corrected chi connectivity index (χ0v) is 11.1. The number of benzene rings is 1. The number of ether oxygens (including phenoxy) is 1. The maximum Gasteiger partial charge on any atom is 0.261 e. The second kappa shape index (κ2) is 6.58. The summed E-state index contributed by atoms with van der Waals surface area (Å²) in [5.41, 5.74) is 6.79. The average molecular weight is 304 g/mol. The molecule has 0 aliphatic heterocycles. The molecule has 0 unspecified atom stereocenters. The highest BCUT2D eigenvalue weighted by molar-refractivity contribution is 6.33. The molecule has 1 aromatic heterocycles. The third kappa shape index (κ3) is 3.61. The van der Waals surface area contributed by atoms with Gasteiger partial charge in [-0.2, -0.15) is 0 Å². The number of anilines is 1. The lowest BCUT2D eigenvalue weighted by Crippen LogP contribution is -2.12. The van der Waals surface area contributed by atoms with Gasteiger partial charge in [0.05, 0.1) is 18.2 Å². The lowest BCUT2D eigenvalue weighted by molar-refractivity contribution is 0.0140. The summed E-state index contributed by atoms with van der Waals surface area (Å²) in [4.78, 5) is 0. The van der Waals surface area contributed by atoms with E-state index in [4.69, 9.17) is 22.1 Å². The van der Waals surface area contributed by atoms with Crippen molar-refractivity contribution >= 4 is 17.3 Å². The Morgan fingerprint density at radius 3 is 2.95 bits per heavy atom. The van der Waals surface area contributed by atoms with Crippen molar-refractivity contribution < 1.29 is 13.5 Å². The molecule has 0 saturated heterocycles. The first-order chi connectivity index (χ1) is 9.58. The molecule has 0 saturated carbocycles. The fraction of sp³-hybridized carbons (Fsp3) is 0.364. The van der Waals surface area contributed by atoms with Crippen LogP contribution in [0.2, 0.25) is 5.02 Å². The Bertz CT molecular complexity index is 578. The van der Waals surface area contributed by atoms with Crippen LogP contribution in [0.25, 0.3) is 11.4 Å². The van der Waals surface area contributed by atoms with E-state index in [0.29, 0.717) is 22.1 Å². The Kier molecular flexibility index (Phi) is 4.80. The molecule has 0 radical (unpaired) electrons. The van der Waals surface area contributed by atoms with Crippen molar-refractivity contribution in [2.75, 3.05) is 18.9 Å². The van der Waals surface area contributed by atoms with Crippen LogP contribution < -0.4 is 5.73 Å². The number of hydrogen-bond acceptors (Lipinski definition) is 5. The van der Waals surface area contributed by atoms with E-state index in [9.17, 15) is 8.78 Å². The second-order valence-corrected chi connectivity index (χ2v) is 4.34. The first-order valence-electron chi connectivity index (χ1n) is 5.75. The number of tetrazole rings is 1. The van der Waals surface area contributed by atoms with Gasteiger partial charge in [0.2, 0.25) is 0 Å². The predicted molar refractivity (Wildman–Crippen MR) is 69.5 cm³/mol. The Labute approximate surface area is 118 Å². The molecule has 20 heavy (non-hydrogen) atoms. The standard InChI is InChI=1S/C11H12ClF2N5O/c12-9-2-1-7(15)5-8(9)11-16-17-18-19(11)3-4-20-6-10(13)14/h1-2,5,10H,3-4,6,15H2. The maximum absolute atomic E-state index is 11.9. The van der Waals surface area contributed by atoms with E-state index in [1.807, 2.05) is 0 Å². The van der Waals surface area contributed by atoms with Crippen molar-refractivity contribution in [3.63, 3.8) is 0 Å². The van der Waals surface area contributed by atoms with Crippen LogP contribution in [0.5, 0.6) is 0 Å². The Morgan fingerprint density at radius 1 is 1.40 bits per heavy atom. The minimum Gasteiger partial charge on any atom is -0.399 e. The summed E-state index contributed by atoms with van der Waals surface area (Å²) in [7, 11) is 0. The van der Waals surface area contributed by atoms with Gasteiger partial charge in [0.1, 0.15) is 6.61 Å². The number of halogens is 3. The van der Waals surface area contributed by atoms with Crippen molar-refractivity contribution in [1.82, 2.24) is 20.2 Å². The van der Waals surface area contributed by atoms with Gasteiger partial charge in [-0.15, -0.1) is 5.10 Å². The molecule has 0 aliphatic rings. The number of rotatable bonds is 6. The number of nitrogens with zero attached hydrogens (tertiary/aromatic N) is 4. The van der Waals surface area contributed by atoms with Gasteiger partial charge >= 0.3 is 0 Å². The zero-order chi connectivity index (χ0) is 14.5. The number of hydrogen-bond donors (Lipinski definition) is 1. The van der Waals surface area contributed by atoms with Crippen LogP contribution in [-0.4, -0.2) is 39.8 Å². The van der Waals surface area contributed by atoms with Crippen LogP contribution in [0.15, 0.2) is 18.2 Å². The van der Waals surface area contributed by atoms with Gasteiger partial charge in [-0.05, 0) is 28.6 Å². The van der Waals surface area contributed by atoms with Crippen molar-refractivity contribution in [3.05, 3.63) is 23.2 Å². The van der Waals surface area contributed by atoms with Gasteiger partial charge in [0.15, 0.2) is 5.82 Å². The van der Waals surface area contributed by atoms with E-state index in [0.717, 1.165) is 0 Å². The zero-order valence-electron chi connectivity index (χ0n) is 10.3. The first-order valence-corrected chi connectivity index (χ1v) is 6.13. The molecule has 1 aromatic carbocycles. The summed E-state index contributed by atoms with van der Waals surface area (Å²) in [5.74, 6) is 0.406. The average Bonchev–Trinajstić information content (AvgIpc) is 2.85. The fourth-order valence-electron chi connectivity index (χ4n) is 1.59. The van der Waals surface area contributed by atoms with E-state index < -0.39 is 13.0 Å². The Hall–Kier alpha value is -1.80. The molecule has 2 rings (SSSR count). The van der Waals surface area contributed by atoms with Gasteiger partial charge in [0, 0.05) is 11.3 Å². The number of nitrogen functional groups attached to an aromatic ring is 1. The quantitative estimate of drug-likeness (QED) is 0.651. The molecule has 2 N–H and O–H groups in total. The fourth-order valence-corrected chi connectivity index (χ4v) is 1.79. The van der Waals surface area contributed by atoms with Crippen LogP contribution in [0.1, 0.15) is 0 Å². The van der Waals surface area contributed by atoms with Gasteiger partial charge in [0.25, 0.3) is 6.43 Å². The summed E-state index contributed by atoms with van der Waals surface area (Å²) in [5, 5.41) is 11.6. The molecular weight excluding hydrogens is 292 g/mol. The lowest BCUT2D eigenvalue weighted by atomic mass is 10.2. The highest BCUT2D eigenvalue weighted by atomic mass is 35.5. The molecular formula is C11H12ClF2N5O. The predicted octanol–water partition coefficient (Wildman–Crippen LogP) is 1.86. The SMILES string of the molecule is Nc1ccc(Cl)c(-c2nnnn2CCOCC(F)F)c1. The van der Waals surface area contributed by atoms with Crippen LogP contribution in [-0.2, 0) is 11.3 Å². The largest absolute Gasteiger partial charge is 0.399 e. The van der Waals surface area contributed by atoms with Crippen LogP contribution >= 0.6 is 11.6 Å². The number of nitrogens with two attached hydrogens (primary N) is 1. The smallest absolute Gasteiger partial charge is 0.261 e. The van der Waals surface area contributed by atoms with Crippen molar-refractivity contribution in [1.29, 1.82) is 0 Å². The highest BCUT2D eigenvalue weighted by Crippen LogP contribution is 2.27.